The Balaban J connectivity index is 1.73. The average Bonchev–Trinajstić information content (AvgIpc) is 2.84. The molecule has 0 saturated heterocycles. The predicted molar refractivity (Wildman–Crippen MR) is 132 cm³/mol. The lowest BCUT2D eigenvalue weighted by Crippen LogP contribution is -2.14. The molecule has 2 aromatic carbocycles. The van der Waals surface area contributed by atoms with Crippen LogP contribution in [0, 0.1) is 0 Å². The molecular weight excluding hydrogens is 434 g/mol. The molecule has 0 bridgehead atoms. The molecule has 1 N–H and O–H groups in total. The highest BCUT2D eigenvalue weighted by Crippen LogP contribution is 2.24. The van der Waals surface area contributed by atoms with E-state index in [2.05, 4.69) is 12.2 Å². The van der Waals surface area contributed by atoms with E-state index in [1.54, 1.807) is 42.5 Å². The summed E-state index contributed by atoms with van der Waals surface area (Å²) in [6.07, 6.45) is 6.09. The summed E-state index contributed by atoms with van der Waals surface area (Å²) >= 11 is 0. The summed E-state index contributed by atoms with van der Waals surface area (Å²) < 4.78 is 16.6. The van der Waals surface area contributed by atoms with Crippen LogP contribution in [0.25, 0.3) is 11.0 Å². The van der Waals surface area contributed by atoms with Gasteiger partial charge in [-0.2, -0.15) is 0 Å². The van der Waals surface area contributed by atoms with E-state index in [0.717, 1.165) is 25.3 Å². The first-order valence-electron chi connectivity index (χ1n) is 11.8. The minimum Gasteiger partial charge on any atom is -0.494 e. The molecule has 0 aliphatic heterocycles. The van der Waals surface area contributed by atoms with Gasteiger partial charge >= 0.3 is 5.97 Å². The van der Waals surface area contributed by atoms with Gasteiger partial charge in [0.25, 0.3) is 5.91 Å². The van der Waals surface area contributed by atoms with Crippen LogP contribution in [0.5, 0.6) is 5.75 Å². The number of hydrogen-bond acceptors (Lipinski definition) is 6. The van der Waals surface area contributed by atoms with E-state index in [-0.39, 0.29) is 34.7 Å². The Hall–Kier alpha value is -3.61. The quantitative estimate of drug-likeness (QED) is 0.262. The molecule has 0 atom stereocenters. The summed E-state index contributed by atoms with van der Waals surface area (Å²) in [5, 5.41) is 3.03. The zero-order valence-electron chi connectivity index (χ0n) is 19.7. The summed E-state index contributed by atoms with van der Waals surface area (Å²) in [7, 11) is 0. The van der Waals surface area contributed by atoms with Crippen molar-refractivity contribution in [3.05, 3.63) is 70.1 Å². The third kappa shape index (κ3) is 6.70. The predicted octanol–water partition coefficient (Wildman–Crippen LogP) is 5.96. The molecule has 1 heterocycles. The topological polar surface area (TPSA) is 94.8 Å². The Morgan fingerprint density at radius 3 is 2.41 bits per heavy atom. The molecule has 3 rings (SSSR count). The van der Waals surface area contributed by atoms with Crippen LogP contribution in [0.4, 0.5) is 5.69 Å². The Morgan fingerprint density at radius 2 is 1.68 bits per heavy atom. The summed E-state index contributed by atoms with van der Waals surface area (Å²) in [4.78, 5) is 37.6. The van der Waals surface area contributed by atoms with Gasteiger partial charge in [-0.15, -0.1) is 0 Å². The van der Waals surface area contributed by atoms with Gasteiger partial charge in [-0.25, -0.2) is 4.79 Å². The standard InChI is InChI=1S/C27H31NO6/c1-3-5-7-8-17-32-20-14-12-19(13-15-20)26(30)28-22-11-9-10-21-23(29)18-24(34-25(21)22)27(31)33-16-6-4-2/h9-15,18H,3-8,16-17H2,1-2H3,(H,28,30). The smallest absolute Gasteiger partial charge is 0.374 e. The van der Waals surface area contributed by atoms with Crippen molar-refractivity contribution in [3.8, 4) is 5.75 Å². The van der Waals surface area contributed by atoms with Crippen LogP contribution in [0.3, 0.4) is 0 Å². The van der Waals surface area contributed by atoms with E-state index in [1.807, 2.05) is 6.92 Å². The normalized spacial score (nSPS) is 10.8. The number of carbonyl (C=O) groups is 2. The number of anilines is 1. The lowest BCUT2D eigenvalue weighted by atomic mass is 10.1. The number of fused-ring (bicyclic) bond motifs is 1. The number of nitrogens with one attached hydrogen (secondary N) is 1. The van der Waals surface area contributed by atoms with Crippen LogP contribution >= 0.6 is 0 Å². The highest BCUT2D eigenvalue weighted by Gasteiger charge is 2.17. The molecular formula is C27H31NO6. The number of hydrogen-bond donors (Lipinski definition) is 1. The monoisotopic (exact) mass is 465 g/mol. The highest BCUT2D eigenvalue weighted by atomic mass is 16.5. The van der Waals surface area contributed by atoms with Gasteiger partial charge in [0.15, 0.2) is 11.0 Å². The van der Waals surface area contributed by atoms with E-state index in [0.29, 0.717) is 30.0 Å². The van der Waals surface area contributed by atoms with Crippen LogP contribution in [-0.4, -0.2) is 25.1 Å². The van der Waals surface area contributed by atoms with Crippen molar-refractivity contribution in [2.24, 2.45) is 0 Å². The van der Waals surface area contributed by atoms with Gasteiger partial charge in [-0.3, -0.25) is 9.59 Å². The summed E-state index contributed by atoms with van der Waals surface area (Å²) in [6, 6.07) is 12.8. The first kappa shape index (κ1) is 25.0. The summed E-state index contributed by atoms with van der Waals surface area (Å²) in [5.74, 6) is -0.578. The zero-order valence-corrected chi connectivity index (χ0v) is 19.7. The molecule has 7 heteroatoms. The van der Waals surface area contributed by atoms with Gasteiger partial charge in [0, 0.05) is 11.6 Å². The van der Waals surface area contributed by atoms with E-state index in [9.17, 15) is 14.4 Å². The molecule has 0 saturated carbocycles. The van der Waals surface area contributed by atoms with E-state index < -0.39 is 5.97 Å². The molecule has 34 heavy (non-hydrogen) atoms. The molecule has 180 valence electrons. The molecule has 0 radical (unpaired) electrons. The number of amides is 1. The molecule has 1 amide bonds. The fraction of sp³-hybridized carbons (Fsp3) is 0.370. The Bertz CT molecular complexity index is 1170. The van der Waals surface area contributed by atoms with Gasteiger partial charge in [0.05, 0.1) is 24.3 Å². The van der Waals surface area contributed by atoms with Crippen molar-refractivity contribution < 1.29 is 23.5 Å². The number of rotatable bonds is 12. The largest absolute Gasteiger partial charge is 0.494 e. The van der Waals surface area contributed by atoms with Crippen LogP contribution < -0.4 is 15.5 Å². The fourth-order valence-electron chi connectivity index (χ4n) is 3.37. The third-order valence-electron chi connectivity index (χ3n) is 5.32. The maximum atomic E-state index is 12.8. The number of para-hydroxylation sites is 1. The molecule has 0 fully saturated rings. The van der Waals surface area contributed by atoms with Crippen molar-refractivity contribution >= 4 is 28.5 Å². The fourth-order valence-corrected chi connectivity index (χ4v) is 3.37. The number of unbranched alkanes of at least 4 members (excludes halogenated alkanes) is 4. The second-order valence-corrected chi connectivity index (χ2v) is 8.03. The SMILES string of the molecule is CCCCCCOc1ccc(C(=O)Nc2cccc3c(=O)cc(C(=O)OCCCC)oc23)cc1. The Kier molecular flexibility index (Phi) is 9.26. The minimum absolute atomic E-state index is 0.123. The number of carbonyl (C=O) groups excluding carboxylic acids is 2. The van der Waals surface area contributed by atoms with E-state index >= 15 is 0 Å². The van der Waals surface area contributed by atoms with Crippen LogP contribution in [-0.2, 0) is 4.74 Å². The minimum atomic E-state index is -0.709. The molecule has 1 aromatic heterocycles. The lowest BCUT2D eigenvalue weighted by molar-refractivity contribution is 0.0464. The van der Waals surface area contributed by atoms with Crippen molar-refractivity contribution in [3.63, 3.8) is 0 Å². The van der Waals surface area contributed by atoms with Gasteiger partial charge in [-0.1, -0.05) is 45.6 Å². The summed E-state index contributed by atoms with van der Waals surface area (Å²) in [5.41, 5.74) is 0.449. The van der Waals surface area contributed by atoms with Crippen molar-refractivity contribution in [2.45, 2.75) is 52.4 Å². The first-order valence-corrected chi connectivity index (χ1v) is 11.8. The molecule has 7 nitrogen and oxygen atoms in total. The maximum Gasteiger partial charge on any atom is 0.374 e. The van der Waals surface area contributed by atoms with Gasteiger partial charge in [-0.05, 0) is 49.2 Å². The average molecular weight is 466 g/mol. The first-order chi connectivity index (χ1) is 16.5. The third-order valence-corrected chi connectivity index (χ3v) is 5.32. The van der Waals surface area contributed by atoms with Crippen LogP contribution in [0.15, 0.2) is 57.7 Å². The zero-order chi connectivity index (χ0) is 24.3. The Morgan fingerprint density at radius 1 is 0.912 bits per heavy atom. The Labute approximate surface area is 199 Å². The van der Waals surface area contributed by atoms with Crippen LogP contribution in [0.2, 0.25) is 0 Å². The van der Waals surface area contributed by atoms with Gasteiger partial charge in [0.1, 0.15) is 5.75 Å². The summed E-state index contributed by atoms with van der Waals surface area (Å²) in [6.45, 7) is 5.03. The molecule has 0 unspecified atom stereocenters. The van der Waals surface area contributed by atoms with E-state index in [1.165, 1.54) is 12.8 Å². The van der Waals surface area contributed by atoms with Crippen LogP contribution in [0.1, 0.15) is 73.3 Å². The number of ether oxygens (including phenoxy) is 2. The highest BCUT2D eigenvalue weighted by molar-refractivity contribution is 6.08. The second-order valence-electron chi connectivity index (χ2n) is 8.03. The van der Waals surface area contributed by atoms with Crippen molar-refractivity contribution in [1.82, 2.24) is 0 Å². The molecule has 0 aliphatic carbocycles. The van der Waals surface area contributed by atoms with Gasteiger partial charge < -0.3 is 19.2 Å². The molecule has 0 spiro atoms. The maximum absolute atomic E-state index is 12.8. The van der Waals surface area contributed by atoms with Crippen molar-refractivity contribution in [1.29, 1.82) is 0 Å². The van der Waals surface area contributed by atoms with Gasteiger partial charge in [0.2, 0.25) is 5.76 Å². The lowest BCUT2D eigenvalue weighted by Gasteiger charge is -2.10. The molecule has 3 aromatic rings. The van der Waals surface area contributed by atoms with Crippen molar-refractivity contribution in [2.75, 3.05) is 18.5 Å². The van der Waals surface area contributed by atoms with E-state index in [4.69, 9.17) is 13.9 Å². The number of benzene rings is 2. The second kappa shape index (κ2) is 12.6. The molecule has 0 aliphatic rings. The number of esters is 1.